The maximum Gasteiger partial charge on any atom is 0.293 e. The molecule has 3 aromatic carbocycles. The molecule has 0 aliphatic carbocycles. The highest BCUT2D eigenvalue weighted by molar-refractivity contribution is 8.18. The molecule has 190 valence electrons. The molecular formula is C29H28N2O5S. The van der Waals surface area contributed by atoms with E-state index in [9.17, 15) is 14.4 Å². The zero-order chi connectivity index (χ0) is 26.4. The quantitative estimate of drug-likeness (QED) is 0.361. The number of nitrogens with zero attached hydrogens (tertiary/aromatic N) is 1. The van der Waals surface area contributed by atoms with E-state index >= 15 is 0 Å². The smallest absolute Gasteiger partial charge is 0.293 e. The summed E-state index contributed by atoms with van der Waals surface area (Å²) in [6, 6.07) is 20.4. The molecule has 0 atom stereocenters. The third-order valence-electron chi connectivity index (χ3n) is 5.95. The molecule has 7 nitrogen and oxygen atoms in total. The van der Waals surface area contributed by atoms with Crippen molar-refractivity contribution in [3.8, 4) is 11.5 Å². The molecule has 1 N–H and O–H groups in total. The molecule has 1 aliphatic heterocycles. The van der Waals surface area contributed by atoms with Crippen molar-refractivity contribution in [3.63, 3.8) is 0 Å². The van der Waals surface area contributed by atoms with Crippen molar-refractivity contribution < 1.29 is 23.9 Å². The first-order chi connectivity index (χ1) is 17.9. The van der Waals surface area contributed by atoms with Gasteiger partial charge in [-0.15, -0.1) is 0 Å². The first kappa shape index (κ1) is 26.0. The van der Waals surface area contributed by atoms with Crippen molar-refractivity contribution in [2.75, 3.05) is 19.0 Å². The largest absolute Gasteiger partial charge is 0.493 e. The highest BCUT2D eigenvalue weighted by atomic mass is 32.2. The topological polar surface area (TPSA) is 84.9 Å². The summed E-state index contributed by atoms with van der Waals surface area (Å²) in [5, 5.41) is 2.50. The van der Waals surface area contributed by atoms with Gasteiger partial charge in [-0.1, -0.05) is 49.4 Å². The van der Waals surface area contributed by atoms with Crippen LogP contribution in [0, 0.1) is 6.92 Å². The number of rotatable bonds is 9. The second kappa shape index (κ2) is 11.8. The number of carbonyl (C=O) groups excluding carboxylic acids is 3. The van der Waals surface area contributed by atoms with Crippen LogP contribution in [0.25, 0.3) is 6.08 Å². The summed E-state index contributed by atoms with van der Waals surface area (Å²) in [5.74, 6) is 0.177. The van der Waals surface area contributed by atoms with Gasteiger partial charge >= 0.3 is 0 Å². The number of anilines is 1. The number of carbonyl (C=O) groups is 3. The number of hydrogen-bond acceptors (Lipinski definition) is 6. The van der Waals surface area contributed by atoms with Crippen molar-refractivity contribution in [1.29, 1.82) is 0 Å². The molecule has 0 radical (unpaired) electrons. The minimum atomic E-state index is -0.332. The Morgan fingerprint density at radius 1 is 1.03 bits per heavy atom. The fraction of sp³-hybridized carbons (Fsp3) is 0.207. The zero-order valence-electron chi connectivity index (χ0n) is 20.9. The predicted molar refractivity (Wildman–Crippen MR) is 146 cm³/mol. The number of amides is 3. The second-order valence-electron chi connectivity index (χ2n) is 8.49. The van der Waals surface area contributed by atoms with Gasteiger partial charge < -0.3 is 14.8 Å². The lowest BCUT2D eigenvalue weighted by atomic mass is 10.1. The molecule has 4 rings (SSSR count). The Morgan fingerprint density at radius 2 is 1.78 bits per heavy atom. The van der Waals surface area contributed by atoms with E-state index in [0.29, 0.717) is 27.7 Å². The Kier molecular flexibility index (Phi) is 8.30. The lowest BCUT2D eigenvalue weighted by Crippen LogP contribution is -2.27. The predicted octanol–water partition coefficient (Wildman–Crippen LogP) is 5.82. The van der Waals surface area contributed by atoms with Crippen LogP contribution in [0.1, 0.15) is 29.2 Å². The monoisotopic (exact) mass is 516 g/mol. The van der Waals surface area contributed by atoms with E-state index in [0.717, 1.165) is 29.3 Å². The Hall–Kier alpha value is -4.04. The Bertz CT molecular complexity index is 1350. The fourth-order valence-corrected chi connectivity index (χ4v) is 4.64. The molecule has 8 heteroatoms. The van der Waals surface area contributed by atoms with E-state index in [2.05, 4.69) is 12.2 Å². The van der Waals surface area contributed by atoms with E-state index in [1.807, 2.05) is 55.5 Å². The van der Waals surface area contributed by atoms with Gasteiger partial charge in [0.1, 0.15) is 0 Å². The molecule has 1 heterocycles. The van der Waals surface area contributed by atoms with Crippen LogP contribution in [-0.4, -0.2) is 35.7 Å². The van der Waals surface area contributed by atoms with Crippen LogP contribution in [0.3, 0.4) is 0 Å². The molecule has 3 aromatic rings. The number of nitrogens with one attached hydrogen (secondary N) is 1. The van der Waals surface area contributed by atoms with Gasteiger partial charge in [0, 0.05) is 5.69 Å². The lowest BCUT2D eigenvalue weighted by Gasteiger charge is -2.14. The number of ether oxygens (including phenoxy) is 2. The van der Waals surface area contributed by atoms with Gasteiger partial charge in [-0.3, -0.25) is 19.3 Å². The van der Waals surface area contributed by atoms with Crippen LogP contribution in [0.2, 0.25) is 0 Å². The summed E-state index contributed by atoms with van der Waals surface area (Å²) in [4.78, 5) is 39.4. The molecule has 0 bridgehead atoms. The van der Waals surface area contributed by atoms with Crippen LogP contribution < -0.4 is 14.8 Å². The van der Waals surface area contributed by atoms with E-state index < -0.39 is 0 Å². The van der Waals surface area contributed by atoms with Crippen molar-refractivity contribution in [3.05, 3.63) is 93.9 Å². The third kappa shape index (κ3) is 6.40. The van der Waals surface area contributed by atoms with Gasteiger partial charge in [0.05, 0.1) is 18.6 Å². The normalized spacial score (nSPS) is 14.2. The first-order valence-corrected chi connectivity index (χ1v) is 12.7. The molecule has 1 saturated heterocycles. The minimum absolute atomic E-state index is 0.191. The highest BCUT2D eigenvalue weighted by Gasteiger charge is 2.35. The average molecular weight is 517 g/mol. The van der Waals surface area contributed by atoms with Crippen LogP contribution in [-0.2, 0) is 22.6 Å². The fourth-order valence-electron chi connectivity index (χ4n) is 3.80. The van der Waals surface area contributed by atoms with Gasteiger partial charge in [-0.2, -0.15) is 0 Å². The van der Waals surface area contributed by atoms with Gasteiger partial charge in [-0.05, 0) is 77.7 Å². The van der Waals surface area contributed by atoms with Crippen LogP contribution >= 0.6 is 11.8 Å². The molecule has 0 spiro atoms. The van der Waals surface area contributed by atoms with Crippen molar-refractivity contribution >= 4 is 40.6 Å². The van der Waals surface area contributed by atoms with Crippen LogP contribution in [0.5, 0.6) is 11.5 Å². The minimum Gasteiger partial charge on any atom is -0.493 e. The summed E-state index contributed by atoms with van der Waals surface area (Å²) in [7, 11) is 1.50. The molecular weight excluding hydrogens is 488 g/mol. The van der Waals surface area contributed by atoms with E-state index in [-0.39, 0.29) is 30.2 Å². The summed E-state index contributed by atoms with van der Waals surface area (Å²) in [5.41, 5.74) is 4.51. The van der Waals surface area contributed by atoms with Gasteiger partial charge in [0.25, 0.3) is 17.1 Å². The maximum absolute atomic E-state index is 12.9. The van der Waals surface area contributed by atoms with Crippen molar-refractivity contribution in [2.45, 2.75) is 26.8 Å². The number of methoxy groups -OCH3 is 1. The number of imide groups is 1. The standard InChI is InChI=1S/C29H28N2O5S/c1-4-20-9-12-23(13-10-20)30-27(32)18-36-24-14-11-21(15-25(24)35-3)16-26-28(33)31(29(34)37-26)17-22-8-6-5-7-19(22)2/h5-16H,4,17-18H2,1-3H3,(H,30,32)/b26-16-. The molecule has 0 saturated carbocycles. The van der Waals surface area contributed by atoms with Crippen LogP contribution in [0.15, 0.2) is 71.6 Å². The number of benzene rings is 3. The lowest BCUT2D eigenvalue weighted by molar-refractivity contribution is -0.123. The summed E-state index contributed by atoms with van der Waals surface area (Å²) < 4.78 is 11.1. The third-order valence-corrected chi connectivity index (χ3v) is 6.86. The van der Waals surface area contributed by atoms with Gasteiger partial charge in [-0.25, -0.2) is 0 Å². The van der Waals surface area contributed by atoms with Gasteiger partial charge in [0.15, 0.2) is 18.1 Å². The molecule has 3 amide bonds. The Balaban J connectivity index is 1.41. The molecule has 1 aliphatic rings. The zero-order valence-corrected chi connectivity index (χ0v) is 21.8. The molecule has 37 heavy (non-hydrogen) atoms. The second-order valence-corrected chi connectivity index (χ2v) is 9.49. The number of hydrogen-bond donors (Lipinski definition) is 1. The Morgan fingerprint density at radius 3 is 2.49 bits per heavy atom. The maximum atomic E-state index is 12.9. The van der Waals surface area contributed by atoms with E-state index in [1.54, 1.807) is 24.3 Å². The summed E-state index contributed by atoms with van der Waals surface area (Å²) in [6.45, 7) is 4.06. The molecule has 0 aromatic heterocycles. The van der Waals surface area contributed by atoms with Crippen molar-refractivity contribution in [2.24, 2.45) is 0 Å². The highest BCUT2D eigenvalue weighted by Crippen LogP contribution is 2.35. The summed E-state index contributed by atoms with van der Waals surface area (Å²) in [6.07, 6.45) is 2.58. The first-order valence-electron chi connectivity index (χ1n) is 11.9. The van der Waals surface area contributed by atoms with Crippen molar-refractivity contribution in [1.82, 2.24) is 4.90 Å². The molecule has 1 fully saturated rings. The number of aryl methyl sites for hydroxylation is 2. The Labute approximate surface area is 220 Å². The van der Waals surface area contributed by atoms with Crippen LogP contribution in [0.4, 0.5) is 10.5 Å². The molecule has 0 unspecified atom stereocenters. The van der Waals surface area contributed by atoms with E-state index in [1.165, 1.54) is 17.6 Å². The average Bonchev–Trinajstić information content (AvgIpc) is 3.16. The SMILES string of the molecule is CCc1ccc(NC(=O)COc2ccc(/C=C3\SC(=O)N(Cc4ccccc4C)C3=O)cc2OC)cc1. The summed E-state index contributed by atoms with van der Waals surface area (Å²) >= 11 is 0.910. The number of thioether (sulfide) groups is 1. The van der Waals surface area contributed by atoms with E-state index in [4.69, 9.17) is 9.47 Å². The van der Waals surface area contributed by atoms with Gasteiger partial charge in [0.2, 0.25) is 0 Å².